The van der Waals surface area contributed by atoms with Gasteiger partial charge in [0.05, 0.1) is 55.9 Å². The molecule has 66 heavy (non-hydrogen) atoms. The van der Waals surface area contributed by atoms with Gasteiger partial charge >= 0.3 is 0 Å². The highest BCUT2D eigenvalue weighted by molar-refractivity contribution is 7.10. The third-order valence-electron chi connectivity index (χ3n) is 12.9. The van der Waals surface area contributed by atoms with Gasteiger partial charge in [-0.1, -0.05) is 55.7 Å². The van der Waals surface area contributed by atoms with Gasteiger partial charge in [-0.25, -0.2) is 15.0 Å². The van der Waals surface area contributed by atoms with Crippen LogP contribution in [0.5, 0.6) is 11.6 Å². The van der Waals surface area contributed by atoms with Crippen molar-refractivity contribution < 1.29 is 28.5 Å². The second kappa shape index (κ2) is 21.0. The summed E-state index contributed by atoms with van der Waals surface area (Å²) in [6, 6.07) is 23.0. The lowest BCUT2D eigenvalue weighted by molar-refractivity contribution is -0.139. The minimum atomic E-state index is -0.524. The van der Waals surface area contributed by atoms with Gasteiger partial charge in [-0.3, -0.25) is 14.2 Å². The minimum Gasteiger partial charge on any atom is -0.491 e. The number of nitrogens with zero attached hydrogens (tertiary/aromatic N) is 5. The third-order valence-corrected chi connectivity index (χ3v) is 13.9. The first kappa shape index (κ1) is 45.0. The van der Waals surface area contributed by atoms with Gasteiger partial charge in [-0.2, -0.15) is 0 Å². The molecule has 1 aliphatic carbocycles. The molecule has 2 aliphatic rings. The van der Waals surface area contributed by atoms with Crippen molar-refractivity contribution in [2.24, 2.45) is 5.92 Å². The molecule has 9 rings (SSSR count). The number of hydrogen-bond donors (Lipinski definition) is 3. The van der Waals surface area contributed by atoms with E-state index in [4.69, 9.17) is 29.7 Å². The quantitative estimate of drug-likeness (QED) is 0.0528. The molecular formula is C51H58N8O6S. The number of amides is 2. The number of thiazole rings is 1. The Morgan fingerprint density at radius 2 is 1.61 bits per heavy atom. The summed E-state index contributed by atoms with van der Waals surface area (Å²) in [4.78, 5) is 43.7. The average molecular weight is 911 g/mol. The Labute approximate surface area is 388 Å². The normalized spacial score (nSPS) is 16.5. The molecule has 1 saturated carbocycles. The molecule has 5 heterocycles. The zero-order valence-corrected chi connectivity index (χ0v) is 38.4. The van der Waals surface area contributed by atoms with Crippen LogP contribution in [0, 0.1) is 5.92 Å². The molecule has 4 N–H and O–H groups in total. The van der Waals surface area contributed by atoms with Gasteiger partial charge in [0, 0.05) is 63.2 Å². The number of fused-ring (bicyclic) bond motifs is 3. The fraction of sp³-hybridized carbons (Fsp3) is 0.392. The number of benzene rings is 3. The van der Waals surface area contributed by atoms with Crippen LogP contribution in [0.3, 0.4) is 0 Å². The second-order valence-electron chi connectivity index (χ2n) is 17.1. The predicted molar refractivity (Wildman–Crippen MR) is 259 cm³/mol. The number of carbonyl (C=O) groups is 2. The third kappa shape index (κ3) is 9.99. The molecule has 14 nitrogen and oxygen atoms in total. The van der Waals surface area contributed by atoms with Gasteiger partial charge in [0.25, 0.3) is 0 Å². The lowest BCUT2D eigenvalue weighted by atomic mass is 9.83. The molecule has 344 valence electrons. The molecule has 2 amide bonds. The van der Waals surface area contributed by atoms with Gasteiger partial charge in [0.2, 0.25) is 17.7 Å². The standard InChI is InChI=1S/C51H58N8O6S/c1-33(53-2)49(60)57-48(34-10-4-3-5-11-34)51(61)59-20-9-16-43(59)50-56-42(32-66-50)38-17-18-45(39-14-7-6-13-37(38)39)64-26-24-62-22-23-63-25-27-65-47-28-35-19-21-58(44(35)31-55-47)46-29-40-36(30-54-46)12-8-15-41(40)52/h6-8,12-15,17-19,21,28-34,43,48,53H,3-5,9-11,16,20,22-27,52H2,1-2H3,(H,57,60)/t33?,43?,48-/m0/s1. The molecule has 0 radical (unpaired) electrons. The maximum Gasteiger partial charge on any atom is 0.246 e. The topological polar surface area (TPSA) is 168 Å². The molecule has 1 saturated heterocycles. The number of rotatable bonds is 19. The minimum absolute atomic E-state index is 0.0186. The lowest BCUT2D eigenvalue weighted by Gasteiger charge is -2.35. The summed E-state index contributed by atoms with van der Waals surface area (Å²) in [6.07, 6.45) is 12.6. The first-order valence-electron chi connectivity index (χ1n) is 23.1. The molecule has 7 aromatic rings. The largest absolute Gasteiger partial charge is 0.491 e. The first-order valence-corrected chi connectivity index (χ1v) is 24.0. The summed E-state index contributed by atoms with van der Waals surface area (Å²) in [6.45, 7) is 4.89. The van der Waals surface area contributed by atoms with Crippen molar-refractivity contribution in [3.63, 3.8) is 0 Å². The van der Waals surface area contributed by atoms with E-state index in [0.29, 0.717) is 57.8 Å². The van der Waals surface area contributed by atoms with Crippen molar-refractivity contribution in [2.45, 2.75) is 70.0 Å². The van der Waals surface area contributed by atoms with E-state index in [1.165, 1.54) is 6.42 Å². The van der Waals surface area contributed by atoms with Crippen LogP contribution in [0.4, 0.5) is 5.69 Å². The summed E-state index contributed by atoms with van der Waals surface area (Å²) in [7, 11) is 1.76. The van der Waals surface area contributed by atoms with Gasteiger partial charge < -0.3 is 40.2 Å². The van der Waals surface area contributed by atoms with E-state index in [0.717, 1.165) is 98.8 Å². The highest BCUT2D eigenvalue weighted by Gasteiger charge is 2.40. The molecule has 3 aromatic carbocycles. The van der Waals surface area contributed by atoms with E-state index in [1.54, 1.807) is 24.6 Å². The first-order chi connectivity index (χ1) is 32.4. The Balaban J connectivity index is 0.734. The molecule has 15 heteroatoms. The summed E-state index contributed by atoms with van der Waals surface area (Å²) < 4.78 is 25.7. The number of anilines is 1. The predicted octanol–water partition coefficient (Wildman–Crippen LogP) is 8.26. The van der Waals surface area contributed by atoms with Crippen molar-refractivity contribution in [3.05, 3.63) is 102 Å². The van der Waals surface area contributed by atoms with Gasteiger partial charge in [0.1, 0.15) is 35.8 Å². The Bertz CT molecular complexity index is 2790. The van der Waals surface area contributed by atoms with Crippen LogP contribution < -0.4 is 25.8 Å². The van der Waals surface area contributed by atoms with Crippen LogP contribution in [0.25, 0.3) is 49.5 Å². The highest BCUT2D eigenvalue weighted by Crippen LogP contribution is 2.40. The fourth-order valence-corrected chi connectivity index (χ4v) is 10.2. The smallest absolute Gasteiger partial charge is 0.246 e. The van der Waals surface area contributed by atoms with Crippen molar-refractivity contribution >= 4 is 61.3 Å². The molecule has 1 aliphatic heterocycles. The number of likely N-dealkylation sites (N-methyl/N-ethyl adjacent to an activating group) is 1. The van der Waals surface area contributed by atoms with Crippen LogP contribution >= 0.6 is 11.3 Å². The number of pyridine rings is 2. The number of nitrogens with one attached hydrogen (secondary N) is 2. The van der Waals surface area contributed by atoms with Crippen LogP contribution in [-0.4, -0.2) is 102 Å². The zero-order chi connectivity index (χ0) is 45.4. The van der Waals surface area contributed by atoms with Gasteiger partial charge in [0.15, 0.2) is 0 Å². The number of carbonyl (C=O) groups excluding carboxylic acids is 2. The molecule has 3 atom stereocenters. The van der Waals surface area contributed by atoms with Gasteiger partial charge in [-0.15, -0.1) is 11.3 Å². The lowest BCUT2D eigenvalue weighted by Crippen LogP contribution is -2.55. The fourth-order valence-electron chi connectivity index (χ4n) is 9.25. The number of aromatic nitrogens is 4. The Morgan fingerprint density at radius 1 is 0.818 bits per heavy atom. The van der Waals surface area contributed by atoms with E-state index < -0.39 is 6.04 Å². The number of ether oxygens (including phenoxy) is 4. The van der Waals surface area contributed by atoms with Gasteiger partial charge in [-0.05, 0) is 81.3 Å². The van der Waals surface area contributed by atoms with E-state index >= 15 is 0 Å². The average Bonchev–Trinajstić information content (AvgIpc) is 4.14. The van der Waals surface area contributed by atoms with Crippen molar-refractivity contribution in [3.8, 4) is 28.7 Å². The molecule has 0 bridgehead atoms. The second-order valence-corrected chi connectivity index (χ2v) is 18.0. The maximum absolute atomic E-state index is 14.3. The van der Waals surface area contributed by atoms with Crippen LogP contribution in [-0.2, 0) is 19.1 Å². The Kier molecular flexibility index (Phi) is 14.3. The zero-order valence-electron chi connectivity index (χ0n) is 37.6. The summed E-state index contributed by atoms with van der Waals surface area (Å²) in [5.74, 6) is 2.10. The monoisotopic (exact) mass is 910 g/mol. The molecular weight excluding hydrogens is 853 g/mol. The van der Waals surface area contributed by atoms with Crippen LogP contribution in [0.15, 0.2) is 96.8 Å². The molecule has 0 spiro atoms. The summed E-state index contributed by atoms with van der Waals surface area (Å²) in [5, 5.41) is 14.2. The number of hydrogen-bond acceptors (Lipinski definition) is 12. The molecule has 2 fully saturated rings. The molecule has 2 unspecified atom stereocenters. The Morgan fingerprint density at radius 3 is 2.42 bits per heavy atom. The maximum atomic E-state index is 14.3. The van der Waals surface area contributed by atoms with Crippen LogP contribution in [0.1, 0.15) is 62.9 Å². The Hall–Kier alpha value is -6.13. The van der Waals surface area contributed by atoms with E-state index in [-0.39, 0.29) is 29.8 Å². The van der Waals surface area contributed by atoms with Crippen molar-refractivity contribution in [2.75, 3.05) is 59.0 Å². The number of likely N-dealkylation sites (tertiary alicyclic amines) is 1. The van der Waals surface area contributed by atoms with Crippen molar-refractivity contribution in [1.29, 1.82) is 0 Å². The number of nitrogen functional groups attached to an aromatic ring is 1. The SMILES string of the molecule is CNC(C)C(=O)N[C@H](C(=O)N1CCCC1c1nc(-c2ccc(OCCOCCOCCOc3cc4ccn(-c5cc6c(N)cccc6cn5)c4cn3)c3ccccc23)cs1)C1CCCCC1. The van der Waals surface area contributed by atoms with E-state index in [2.05, 4.69) is 44.2 Å². The van der Waals surface area contributed by atoms with Crippen molar-refractivity contribution in [1.82, 2.24) is 35.1 Å². The van der Waals surface area contributed by atoms with Crippen LogP contribution in [0.2, 0.25) is 0 Å². The van der Waals surface area contributed by atoms with E-state index in [9.17, 15) is 9.59 Å². The highest BCUT2D eigenvalue weighted by atomic mass is 32.1. The number of nitrogens with two attached hydrogens (primary N) is 1. The molecule has 4 aromatic heterocycles. The summed E-state index contributed by atoms with van der Waals surface area (Å²) >= 11 is 1.60. The summed E-state index contributed by atoms with van der Waals surface area (Å²) in [5.41, 5.74) is 9.74. The van der Waals surface area contributed by atoms with E-state index in [1.807, 2.05) is 83.4 Å².